The van der Waals surface area contributed by atoms with Crippen molar-refractivity contribution in [1.29, 1.82) is 0 Å². The van der Waals surface area contributed by atoms with E-state index in [2.05, 4.69) is 4.90 Å². The van der Waals surface area contributed by atoms with Crippen LogP contribution in [0.3, 0.4) is 0 Å². The number of methoxy groups -OCH3 is 2. The molecular formula is C21H32N2O3. The number of benzene rings is 1. The molecule has 1 atom stereocenters. The van der Waals surface area contributed by atoms with Gasteiger partial charge in [-0.3, -0.25) is 4.79 Å². The van der Waals surface area contributed by atoms with Crippen LogP contribution in [-0.2, 0) is 9.47 Å². The molecule has 2 saturated heterocycles. The highest BCUT2D eigenvalue weighted by molar-refractivity contribution is 5.94. The van der Waals surface area contributed by atoms with Gasteiger partial charge in [0.25, 0.3) is 5.91 Å². The lowest BCUT2D eigenvalue weighted by atomic mass is 9.71. The normalized spacial score (nSPS) is 22.9. The highest BCUT2D eigenvalue weighted by Gasteiger charge is 2.48. The Bertz CT molecular complexity index is 594. The van der Waals surface area contributed by atoms with Crippen molar-refractivity contribution in [3.8, 4) is 0 Å². The summed E-state index contributed by atoms with van der Waals surface area (Å²) < 4.78 is 10.8. The Morgan fingerprint density at radius 1 is 1.15 bits per heavy atom. The Labute approximate surface area is 157 Å². The van der Waals surface area contributed by atoms with E-state index in [9.17, 15) is 4.79 Å². The first-order valence-corrected chi connectivity index (χ1v) is 9.64. The fraction of sp³-hybridized carbons (Fsp3) is 0.667. The number of likely N-dealkylation sites (tertiary alicyclic amines) is 2. The predicted octanol–water partition coefficient (Wildman–Crippen LogP) is 2.44. The molecule has 1 unspecified atom stereocenters. The zero-order valence-corrected chi connectivity index (χ0v) is 16.4. The molecule has 1 aromatic carbocycles. The molecule has 1 aromatic rings. The van der Waals surface area contributed by atoms with Gasteiger partial charge in [0.15, 0.2) is 0 Å². The maximum Gasteiger partial charge on any atom is 0.253 e. The van der Waals surface area contributed by atoms with Gasteiger partial charge in [0.1, 0.15) is 0 Å². The van der Waals surface area contributed by atoms with Crippen LogP contribution in [0.2, 0.25) is 0 Å². The van der Waals surface area contributed by atoms with E-state index in [-0.39, 0.29) is 11.3 Å². The van der Waals surface area contributed by atoms with Crippen molar-refractivity contribution < 1.29 is 14.3 Å². The first kappa shape index (κ1) is 19.3. The average molecular weight is 360 g/mol. The van der Waals surface area contributed by atoms with E-state index in [0.29, 0.717) is 5.92 Å². The molecule has 26 heavy (non-hydrogen) atoms. The second-order valence-electron chi connectivity index (χ2n) is 7.90. The molecule has 2 heterocycles. The topological polar surface area (TPSA) is 42.0 Å². The number of hydrogen-bond donors (Lipinski definition) is 0. The Hall–Kier alpha value is -1.43. The van der Waals surface area contributed by atoms with Gasteiger partial charge in [-0.1, -0.05) is 17.7 Å². The van der Waals surface area contributed by atoms with Gasteiger partial charge in [-0.05, 0) is 37.3 Å². The fourth-order valence-electron chi connectivity index (χ4n) is 4.57. The molecule has 0 saturated carbocycles. The molecular weight excluding hydrogens is 328 g/mol. The third-order valence-corrected chi connectivity index (χ3v) is 6.21. The molecule has 2 aliphatic heterocycles. The van der Waals surface area contributed by atoms with Crippen LogP contribution in [0, 0.1) is 18.3 Å². The molecule has 0 bridgehead atoms. The number of rotatable bonds is 6. The summed E-state index contributed by atoms with van der Waals surface area (Å²) in [6, 6.07) is 7.91. The van der Waals surface area contributed by atoms with Crippen LogP contribution in [0.5, 0.6) is 0 Å². The Balaban J connectivity index is 1.63. The summed E-state index contributed by atoms with van der Waals surface area (Å²) in [4.78, 5) is 17.3. The van der Waals surface area contributed by atoms with Crippen molar-refractivity contribution in [2.24, 2.45) is 11.3 Å². The van der Waals surface area contributed by atoms with Gasteiger partial charge in [0.2, 0.25) is 0 Å². The summed E-state index contributed by atoms with van der Waals surface area (Å²) in [5, 5.41) is 0. The maximum absolute atomic E-state index is 12.8. The highest BCUT2D eigenvalue weighted by Crippen LogP contribution is 2.44. The average Bonchev–Trinajstić information content (AvgIpc) is 2.98. The molecule has 1 spiro atoms. The van der Waals surface area contributed by atoms with Crippen molar-refractivity contribution in [3.05, 3.63) is 35.4 Å². The van der Waals surface area contributed by atoms with Gasteiger partial charge in [0.05, 0.1) is 13.2 Å². The molecule has 1 amide bonds. The number of carbonyl (C=O) groups excluding carboxylic acids is 1. The van der Waals surface area contributed by atoms with Crippen molar-refractivity contribution in [2.75, 3.05) is 60.2 Å². The van der Waals surface area contributed by atoms with Crippen LogP contribution in [0.4, 0.5) is 0 Å². The SMILES string of the molecule is COCCN1CC(COC)C2(CCN(C(=O)c3ccc(C)cc3)CC2)C1. The molecule has 5 heteroatoms. The molecule has 2 aliphatic rings. The van der Waals surface area contributed by atoms with Gasteiger partial charge in [-0.25, -0.2) is 0 Å². The monoisotopic (exact) mass is 360 g/mol. The second kappa shape index (κ2) is 8.51. The van der Waals surface area contributed by atoms with Gasteiger partial charge in [-0.15, -0.1) is 0 Å². The summed E-state index contributed by atoms with van der Waals surface area (Å²) in [5.74, 6) is 0.707. The highest BCUT2D eigenvalue weighted by atomic mass is 16.5. The smallest absolute Gasteiger partial charge is 0.253 e. The first-order chi connectivity index (χ1) is 12.6. The molecule has 5 nitrogen and oxygen atoms in total. The van der Waals surface area contributed by atoms with E-state index in [4.69, 9.17) is 9.47 Å². The Morgan fingerprint density at radius 3 is 2.46 bits per heavy atom. The van der Waals surface area contributed by atoms with Crippen LogP contribution in [0.25, 0.3) is 0 Å². The van der Waals surface area contributed by atoms with E-state index in [1.165, 1.54) is 5.56 Å². The van der Waals surface area contributed by atoms with Crippen molar-refractivity contribution in [2.45, 2.75) is 19.8 Å². The number of ether oxygens (including phenoxy) is 2. The largest absolute Gasteiger partial charge is 0.384 e. The first-order valence-electron chi connectivity index (χ1n) is 9.64. The lowest BCUT2D eigenvalue weighted by Gasteiger charge is -2.42. The van der Waals surface area contributed by atoms with Crippen molar-refractivity contribution in [3.63, 3.8) is 0 Å². The van der Waals surface area contributed by atoms with Crippen LogP contribution < -0.4 is 0 Å². The maximum atomic E-state index is 12.8. The minimum atomic E-state index is 0.164. The number of piperidine rings is 1. The fourth-order valence-corrected chi connectivity index (χ4v) is 4.57. The van der Waals surface area contributed by atoms with Gasteiger partial charge in [0, 0.05) is 58.4 Å². The van der Waals surface area contributed by atoms with E-state index in [1.807, 2.05) is 36.1 Å². The number of hydrogen-bond acceptors (Lipinski definition) is 4. The summed E-state index contributed by atoms with van der Waals surface area (Å²) in [6.45, 7) is 8.44. The third-order valence-electron chi connectivity index (χ3n) is 6.21. The summed E-state index contributed by atoms with van der Waals surface area (Å²) in [5.41, 5.74) is 2.25. The van der Waals surface area contributed by atoms with E-state index in [0.717, 1.165) is 64.3 Å². The standard InChI is InChI=1S/C21H32N2O3/c1-17-4-6-18(7-5-17)20(24)23-10-8-21(9-11-23)16-22(12-13-25-2)14-19(21)15-26-3/h4-7,19H,8-16H2,1-3H3. The Kier molecular flexibility index (Phi) is 6.33. The minimum absolute atomic E-state index is 0.164. The van der Waals surface area contributed by atoms with Crippen LogP contribution >= 0.6 is 0 Å². The van der Waals surface area contributed by atoms with Gasteiger partial charge < -0.3 is 19.3 Å². The lowest BCUT2D eigenvalue weighted by molar-refractivity contribution is 0.0321. The molecule has 2 fully saturated rings. The van der Waals surface area contributed by atoms with Crippen molar-refractivity contribution >= 4 is 5.91 Å². The molecule has 0 radical (unpaired) electrons. The number of aryl methyl sites for hydroxylation is 1. The number of carbonyl (C=O) groups is 1. The minimum Gasteiger partial charge on any atom is -0.384 e. The van der Waals surface area contributed by atoms with Crippen LogP contribution in [0.15, 0.2) is 24.3 Å². The molecule has 0 aromatic heterocycles. The molecule has 3 rings (SSSR count). The van der Waals surface area contributed by atoms with Crippen LogP contribution in [0.1, 0.15) is 28.8 Å². The summed E-state index contributed by atoms with van der Waals surface area (Å²) in [6.07, 6.45) is 2.12. The number of amides is 1. The van der Waals surface area contributed by atoms with Crippen molar-refractivity contribution in [1.82, 2.24) is 9.80 Å². The second-order valence-corrected chi connectivity index (χ2v) is 7.90. The lowest BCUT2D eigenvalue weighted by Crippen LogP contribution is -2.47. The Morgan fingerprint density at radius 2 is 1.85 bits per heavy atom. The van der Waals surface area contributed by atoms with Gasteiger partial charge >= 0.3 is 0 Å². The molecule has 0 aliphatic carbocycles. The summed E-state index contributed by atoms with van der Waals surface area (Å²) >= 11 is 0. The zero-order valence-electron chi connectivity index (χ0n) is 16.4. The predicted molar refractivity (Wildman–Crippen MR) is 102 cm³/mol. The summed E-state index contributed by atoms with van der Waals surface area (Å²) in [7, 11) is 3.55. The number of nitrogens with zero attached hydrogens (tertiary/aromatic N) is 2. The van der Waals surface area contributed by atoms with E-state index >= 15 is 0 Å². The zero-order chi connectivity index (χ0) is 18.6. The van der Waals surface area contributed by atoms with E-state index < -0.39 is 0 Å². The van der Waals surface area contributed by atoms with Gasteiger partial charge in [-0.2, -0.15) is 0 Å². The molecule has 0 N–H and O–H groups in total. The molecule has 144 valence electrons. The van der Waals surface area contributed by atoms with E-state index in [1.54, 1.807) is 14.2 Å². The quantitative estimate of drug-likeness (QED) is 0.781. The van der Waals surface area contributed by atoms with Crippen LogP contribution in [-0.4, -0.2) is 75.9 Å². The third kappa shape index (κ3) is 4.11.